The molecule has 1 heterocycles. The lowest BCUT2D eigenvalue weighted by Gasteiger charge is -2.32. The van der Waals surface area contributed by atoms with E-state index in [0.29, 0.717) is 0 Å². The maximum absolute atomic E-state index is 13.3. The maximum atomic E-state index is 13.3. The number of hydrogen-bond acceptors (Lipinski definition) is 3. The zero-order valence-corrected chi connectivity index (χ0v) is 13.2. The highest BCUT2D eigenvalue weighted by molar-refractivity contribution is 5.16. The number of benzene rings is 1. The Labute approximate surface area is 127 Å². The number of nitrogens with zero attached hydrogens (tertiary/aromatic N) is 1. The molecule has 0 aromatic heterocycles. The van der Waals surface area contributed by atoms with Gasteiger partial charge in [-0.2, -0.15) is 0 Å². The molecule has 1 unspecified atom stereocenters. The fraction of sp³-hybridized carbons (Fsp3) is 0.647. The van der Waals surface area contributed by atoms with E-state index in [0.717, 1.165) is 57.8 Å². The zero-order chi connectivity index (χ0) is 15.1. The summed E-state index contributed by atoms with van der Waals surface area (Å²) in [6, 6.07) is 6.86. The Balaban J connectivity index is 1.90. The van der Waals surface area contributed by atoms with Gasteiger partial charge in [0.05, 0.1) is 6.61 Å². The van der Waals surface area contributed by atoms with Crippen molar-refractivity contribution < 1.29 is 9.13 Å². The molecular weight excluding hydrogens is 267 g/mol. The molecule has 21 heavy (non-hydrogen) atoms. The van der Waals surface area contributed by atoms with Gasteiger partial charge in [0.15, 0.2) is 0 Å². The summed E-state index contributed by atoms with van der Waals surface area (Å²) in [6.07, 6.45) is 2.24. The molecular formula is C17H27FN2O. The highest BCUT2D eigenvalue weighted by Gasteiger charge is 2.35. The second kappa shape index (κ2) is 7.87. The van der Waals surface area contributed by atoms with Gasteiger partial charge in [-0.1, -0.05) is 19.1 Å². The van der Waals surface area contributed by atoms with Gasteiger partial charge in [-0.05, 0) is 44.1 Å². The highest BCUT2D eigenvalue weighted by Crippen LogP contribution is 2.29. The number of rotatable bonds is 8. The second-order valence-electron chi connectivity index (χ2n) is 6.28. The summed E-state index contributed by atoms with van der Waals surface area (Å²) in [4.78, 5) is 2.27. The van der Waals surface area contributed by atoms with Crippen molar-refractivity contribution in [1.29, 1.82) is 0 Å². The van der Waals surface area contributed by atoms with E-state index < -0.39 is 0 Å². The van der Waals surface area contributed by atoms with Crippen LogP contribution in [0.15, 0.2) is 24.3 Å². The quantitative estimate of drug-likeness (QED) is 0.746. The summed E-state index contributed by atoms with van der Waals surface area (Å²) in [7, 11) is 2.10. The van der Waals surface area contributed by atoms with Gasteiger partial charge in [0.2, 0.25) is 0 Å². The van der Waals surface area contributed by atoms with Crippen molar-refractivity contribution in [3.05, 3.63) is 35.6 Å². The lowest BCUT2D eigenvalue weighted by Crippen LogP contribution is -2.43. The smallest absolute Gasteiger partial charge is 0.123 e. The van der Waals surface area contributed by atoms with Crippen LogP contribution in [0.25, 0.3) is 0 Å². The van der Waals surface area contributed by atoms with Crippen molar-refractivity contribution in [2.75, 3.05) is 39.9 Å². The van der Waals surface area contributed by atoms with Gasteiger partial charge in [0.25, 0.3) is 0 Å². The molecule has 118 valence electrons. The molecule has 2 rings (SSSR count). The number of ether oxygens (including phenoxy) is 1. The first kappa shape index (κ1) is 16.4. The molecule has 0 saturated carbocycles. The number of halogens is 1. The monoisotopic (exact) mass is 294 g/mol. The van der Waals surface area contributed by atoms with Crippen molar-refractivity contribution >= 4 is 0 Å². The van der Waals surface area contributed by atoms with Crippen LogP contribution in [0.5, 0.6) is 0 Å². The van der Waals surface area contributed by atoms with Gasteiger partial charge in [-0.25, -0.2) is 4.39 Å². The van der Waals surface area contributed by atoms with Gasteiger partial charge in [-0.15, -0.1) is 0 Å². The first-order valence-corrected chi connectivity index (χ1v) is 7.85. The Hall–Kier alpha value is -0.970. The van der Waals surface area contributed by atoms with Gasteiger partial charge in [-0.3, -0.25) is 0 Å². The fourth-order valence-corrected chi connectivity index (χ4v) is 3.08. The molecule has 0 aliphatic carbocycles. The Bertz CT molecular complexity index is 433. The van der Waals surface area contributed by atoms with Crippen LogP contribution in [0, 0.1) is 11.2 Å². The predicted molar refractivity (Wildman–Crippen MR) is 83.8 cm³/mol. The Kier molecular flexibility index (Phi) is 6.15. The van der Waals surface area contributed by atoms with Crippen molar-refractivity contribution in [2.45, 2.75) is 26.3 Å². The Morgan fingerprint density at radius 2 is 2.29 bits per heavy atom. The molecule has 1 atom stereocenters. The van der Waals surface area contributed by atoms with E-state index in [2.05, 4.69) is 24.2 Å². The highest BCUT2D eigenvalue weighted by atomic mass is 19.1. The van der Waals surface area contributed by atoms with Gasteiger partial charge in [0.1, 0.15) is 5.82 Å². The fourth-order valence-electron chi connectivity index (χ4n) is 3.08. The third kappa shape index (κ3) is 5.06. The van der Waals surface area contributed by atoms with Crippen LogP contribution >= 0.6 is 0 Å². The largest absolute Gasteiger partial charge is 0.381 e. The van der Waals surface area contributed by atoms with Crippen LogP contribution in [-0.2, 0) is 11.3 Å². The molecule has 4 heteroatoms. The number of hydrogen-bond donors (Lipinski definition) is 1. The first-order chi connectivity index (χ1) is 10.1. The molecule has 3 nitrogen and oxygen atoms in total. The van der Waals surface area contributed by atoms with E-state index in [9.17, 15) is 4.39 Å². The Morgan fingerprint density at radius 3 is 2.95 bits per heavy atom. The molecule has 0 spiro atoms. The van der Waals surface area contributed by atoms with Crippen LogP contribution < -0.4 is 5.32 Å². The van der Waals surface area contributed by atoms with Crippen molar-refractivity contribution in [3.63, 3.8) is 0 Å². The molecule has 0 bridgehead atoms. The minimum atomic E-state index is -0.163. The summed E-state index contributed by atoms with van der Waals surface area (Å²) in [5.41, 5.74) is 1.21. The lowest BCUT2D eigenvalue weighted by molar-refractivity contribution is 0.116. The van der Waals surface area contributed by atoms with Crippen molar-refractivity contribution in [1.82, 2.24) is 10.2 Å². The van der Waals surface area contributed by atoms with Gasteiger partial charge in [0, 0.05) is 31.7 Å². The molecule has 1 fully saturated rings. The second-order valence-corrected chi connectivity index (χ2v) is 6.28. The average Bonchev–Trinajstić information content (AvgIpc) is 2.87. The summed E-state index contributed by atoms with van der Waals surface area (Å²) in [5, 5.41) is 3.53. The SMILES string of the molecule is CCCNCC1(CN(C)Cc2cccc(F)c2)CCOC1. The average molecular weight is 294 g/mol. The summed E-state index contributed by atoms with van der Waals surface area (Å²) >= 11 is 0. The summed E-state index contributed by atoms with van der Waals surface area (Å²) in [6.45, 7) is 7.64. The van der Waals surface area contributed by atoms with Crippen LogP contribution in [0.1, 0.15) is 25.3 Å². The summed E-state index contributed by atoms with van der Waals surface area (Å²) in [5.74, 6) is -0.163. The third-order valence-electron chi connectivity index (χ3n) is 4.06. The molecule has 1 aliphatic heterocycles. The van der Waals surface area contributed by atoms with Crippen LogP contribution in [0.3, 0.4) is 0 Å². The molecule has 0 amide bonds. The van der Waals surface area contributed by atoms with Gasteiger partial charge < -0.3 is 15.0 Å². The van der Waals surface area contributed by atoms with Crippen molar-refractivity contribution in [3.8, 4) is 0 Å². The number of nitrogens with one attached hydrogen (secondary N) is 1. The topological polar surface area (TPSA) is 24.5 Å². The molecule has 1 aromatic rings. The zero-order valence-electron chi connectivity index (χ0n) is 13.2. The maximum Gasteiger partial charge on any atom is 0.123 e. The third-order valence-corrected chi connectivity index (χ3v) is 4.06. The van der Waals surface area contributed by atoms with Crippen LogP contribution in [0.2, 0.25) is 0 Å². The molecule has 1 aliphatic rings. The van der Waals surface area contributed by atoms with E-state index in [1.807, 2.05) is 6.07 Å². The van der Waals surface area contributed by atoms with Crippen LogP contribution in [0.4, 0.5) is 4.39 Å². The first-order valence-electron chi connectivity index (χ1n) is 7.85. The van der Waals surface area contributed by atoms with E-state index in [1.54, 1.807) is 12.1 Å². The molecule has 1 N–H and O–H groups in total. The van der Waals surface area contributed by atoms with Gasteiger partial charge >= 0.3 is 0 Å². The van der Waals surface area contributed by atoms with E-state index in [4.69, 9.17) is 4.74 Å². The molecule has 1 saturated heterocycles. The lowest BCUT2D eigenvalue weighted by atomic mass is 9.86. The van der Waals surface area contributed by atoms with Crippen molar-refractivity contribution in [2.24, 2.45) is 5.41 Å². The minimum absolute atomic E-state index is 0.163. The standard InChI is InChI=1S/C17H27FN2O/c1-3-8-19-12-17(7-9-21-14-17)13-20(2)11-15-5-4-6-16(18)10-15/h4-6,10,19H,3,7-9,11-14H2,1-2H3. The summed E-state index contributed by atoms with van der Waals surface area (Å²) < 4.78 is 18.9. The predicted octanol–water partition coefficient (Wildman–Crippen LogP) is 2.66. The Morgan fingerprint density at radius 1 is 1.43 bits per heavy atom. The van der Waals surface area contributed by atoms with E-state index in [1.165, 1.54) is 6.07 Å². The normalized spacial score (nSPS) is 22.1. The van der Waals surface area contributed by atoms with Crippen LogP contribution in [-0.4, -0.2) is 44.8 Å². The van der Waals surface area contributed by atoms with E-state index in [-0.39, 0.29) is 11.2 Å². The molecule has 0 radical (unpaired) electrons. The minimum Gasteiger partial charge on any atom is -0.381 e. The van der Waals surface area contributed by atoms with E-state index >= 15 is 0 Å². The molecule has 1 aromatic carbocycles.